The van der Waals surface area contributed by atoms with Gasteiger partial charge in [0, 0.05) is 51.5 Å². The Morgan fingerprint density at radius 2 is 1.71 bits per heavy atom. The molecule has 11 nitrogen and oxygen atoms in total. The standard InChI is InChI=1S/C27H40N8O3/c1-19(34-17-21(18-34)8-10-28)16-20-4-6-22(7-5-20)35-11-9-23(31-26(35)38)30-25(37)33-14-12-32(13-15-33)24(36)27(2,3)29/h4-7,9,11,19,21H,8,10,12-18,28-29H2,1-3H3,(H,30,31,37,38). The Balaban J connectivity index is 1.30. The molecular weight excluding hydrogens is 484 g/mol. The highest BCUT2D eigenvalue weighted by Crippen LogP contribution is 2.23. The number of nitrogens with one attached hydrogen (secondary N) is 1. The van der Waals surface area contributed by atoms with E-state index < -0.39 is 11.2 Å². The van der Waals surface area contributed by atoms with Gasteiger partial charge >= 0.3 is 11.7 Å². The van der Waals surface area contributed by atoms with Crippen LogP contribution in [0.1, 0.15) is 32.8 Å². The molecule has 38 heavy (non-hydrogen) atoms. The number of hydrogen-bond donors (Lipinski definition) is 3. The van der Waals surface area contributed by atoms with Gasteiger partial charge in [0.1, 0.15) is 5.82 Å². The predicted molar refractivity (Wildman–Crippen MR) is 147 cm³/mol. The third kappa shape index (κ3) is 6.58. The smallest absolute Gasteiger partial charge is 0.338 e. The number of hydrogen-bond acceptors (Lipinski definition) is 7. The average Bonchev–Trinajstić information content (AvgIpc) is 2.85. The Kier molecular flexibility index (Phi) is 8.49. The summed E-state index contributed by atoms with van der Waals surface area (Å²) in [6, 6.07) is 9.62. The number of anilines is 1. The molecule has 0 saturated carbocycles. The van der Waals surface area contributed by atoms with E-state index in [1.54, 1.807) is 35.9 Å². The average molecular weight is 525 g/mol. The molecule has 11 heteroatoms. The predicted octanol–water partition coefficient (Wildman–Crippen LogP) is 0.858. The largest absolute Gasteiger partial charge is 0.354 e. The molecule has 206 valence electrons. The van der Waals surface area contributed by atoms with Crippen LogP contribution in [0.3, 0.4) is 0 Å². The van der Waals surface area contributed by atoms with E-state index in [4.69, 9.17) is 11.5 Å². The normalized spacial score (nSPS) is 17.7. The van der Waals surface area contributed by atoms with Gasteiger partial charge in [-0.05, 0) is 69.8 Å². The van der Waals surface area contributed by atoms with E-state index in [9.17, 15) is 14.4 Å². The van der Waals surface area contributed by atoms with Crippen molar-refractivity contribution in [1.82, 2.24) is 24.3 Å². The van der Waals surface area contributed by atoms with Crippen molar-refractivity contribution in [3.8, 4) is 5.69 Å². The van der Waals surface area contributed by atoms with E-state index in [2.05, 4.69) is 22.1 Å². The van der Waals surface area contributed by atoms with Crippen molar-refractivity contribution >= 4 is 17.8 Å². The zero-order valence-electron chi connectivity index (χ0n) is 22.6. The van der Waals surface area contributed by atoms with Gasteiger partial charge in [-0.2, -0.15) is 4.98 Å². The molecule has 2 aliphatic heterocycles. The van der Waals surface area contributed by atoms with Crippen LogP contribution in [0.25, 0.3) is 5.69 Å². The number of nitrogens with zero attached hydrogens (tertiary/aromatic N) is 5. The molecule has 1 atom stereocenters. The first-order valence-corrected chi connectivity index (χ1v) is 13.3. The van der Waals surface area contributed by atoms with Crippen LogP contribution < -0.4 is 22.5 Å². The summed E-state index contributed by atoms with van der Waals surface area (Å²) in [4.78, 5) is 47.5. The minimum atomic E-state index is -0.945. The zero-order valence-corrected chi connectivity index (χ0v) is 22.6. The molecule has 2 saturated heterocycles. The van der Waals surface area contributed by atoms with Crippen LogP contribution in [0.4, 0.5) is 10.6 Å². The van der Waals surface area contributed by atoms with Crippen LogP contribution in [0, 0.1) is 5.92 Å². The van der Waals surface area contributed by atoms with Crippen LogP contribution in [-0.4, -0.2) is 93.6 Å². The van der Waals surface area contributed by atoms with Gasteiger partial charge in [-0.1, -0.05) is 12.1 Å². The monoisotopic (exact) mass is 524 g/mol. The lowest BCUT2D eigenvalue weighted by molar-refractivity contribution is -0.137. The van der Waals surface area contributed by atoms with E-state index in [0.717, 1.165) is 38.4 Å². The molecule has 1 aromatic heterocycles. The number of rotatable bonds is 8. The lowest BCUT2D eigenvalue weighted by atomic mass is 9.93. The molecule has 0 bridgehead atoms. The number of amides is 3. The molecule has 2 aliphatic rings. The second-order valence-electron chi connectivity index (χ2n) is 11.0. The fourth-order valence-electron chi connectivity index (χ4n) is 5.03. The number of likely N-dealkylation sites (tertiary alicyclic amines) is 1. The van der Waals surface area contributed by atoms with Crippen molar-refractivity contribution in [3.63, 3.8) is 0 Å². The van der Waals surface area contributed by atoms with Gasteiger partial charge in [-0.25, -0.2) is 9.59 Å². The van der Waals surface area contributed by atoms with Gasteiger partial charge in [0.25, 0.3) is 0 Å². The van der Waals surface area contributed by atoms with Gasteiger partial charge < -0.3 is 21.3 Å². The van der Waals surface area contributed by atoms with E-state index in [-0.39, 0.29) is 17.8 Å². The summed E-state index contributed by atoms with van der Waals surface area (Å²) in [7, 11) is 0. The summed E-state index contributed by atoms with van der Waals surface area (Å²) < 4.78 is 1.45. The summed E-state index contributed by atoms with van der Waals surface area (Å²) in [5.74, 6) is 0.769. The quantitative estimate of drug-likeness (QED) is 0.465. The lowest BCUT2D eigenvalue weighted by Crippen LogP contribution is -2.58. The molecule has 0 spiro atoms. The maximum Gasteiger partial charge on any atom is 0.354 e. The zero-order chi connectivity index (χ0) is 27.4. The molecule has 1 unspecified atom stereocenters. The van der Waals surface area contributed by atoms with E-state index in [1.807, 2.05) is 24.3 Å². The van der Waals surface area contributed by atoms with E-state index in [0.29, 0.717) is 37.9 Å². The van der Waals surface area contributed by atoms with Crippen molar-refractivity contribution in [1.29, 1.82) is 0 Å². The number of nitrogens with two attached hydrogens (primary N) is 2. The fraction of sp³-hybridized carbons (Fsp3) is 0.556. The SMILES string of the molecule is CC(Cc1ccc(-n2ccc(NC(=O)N3CCN(C(=O)C(C)(C)N)CC3)nc2=O)cc1)N1CC(CCN)C1. The van der Waals surface area contributed by atoms with E-state index >= 15 is 0 Å². The van der Waals surface area contributed by atoms with Crippen molar-refractivity contribution in [2.75, 3.05) is 51.1 Å². The first kappa shape index (κ1) is 27.7. The number of carbonyl (C=O) groups excluding carboxylic acids is 2. The Hall–Kier alpha value is -3.28. The second kappa shape index (κ2) is 11.6. The highest BCUT2D eigenvalue weighted by Gasteiger charge is 2.31. The summed E-state index contributed by atoms with van der Waals surface area (Å²) in [6.07, 6.45) is 3.65. The maximum absolute atomic E-state index is 12.7. The second-order valence-corrected chi connectivity index (χ2v) is 11.0. The minimum Gasteiger partial charge on any atom is -0.338 e. The Bertz CT molecular complexity index is 1180. The molecule has 5 N–H and O–H groups in total. The van der Waals surface area contributed by atoms with Crippen LogP contribution in [-0.2, 0) is 11.2 Å². The summed E-state index contributed by atoms with van der Waals surface area (Å²) in [5.41, 5.74) is 12.1. The number of piperazine rings is 1. The summed E-state index contributed by atoms with van der Waals surface area (Å²) in [6.45, 7) is 10.1. The molecule has 2 aromatic rings. The Morgan fingerprint density at radius 1 is 1.08 bits per heavy atom. The molecule has 4 rings (SSSR count). The third-order valence-corrected chi connectivity index (χ3v) is 7.37. The highest BCUT2D eigenvalue weighted by atomic mass is 16.2. The highest BCUT2D eigenvalue weighted by molar-refractivity contribution is 5.89. The molecule has 0 radical (unpaired) electrons. The molecule has 1 aromatic carbocycles. The third-order valence-electron chi connectivity index (χ3n) is 7.37. The van der Waals surface area contributed by atoms with Gasteiger partial charge in [-0.3, -0.25) is 19.6 Å². The number of benzene rings is 1. The van der Waals surface area contributed by atoms with Crippen molar-refractivity contribution in [2.24, 2.45) is 17.4 Å². The molecular formula is C27H40N8O3. The first-order valence-electron chi connectivity index (χ1n) is 13.3. The van der Waals surface area contributed by atoms with Gasteiger partial charge in [-0.15, -0.1) is 0 Å². The fourth-order valence-corrected chi connectivity index (χ4v) is 5.03. The van der Waals surface area contributed by atoms with Crippen molar-refractivity contribution in [3.05, 3.63) is 52.6 Å². The molecule has 3 heterocycles. The van der Waals surface area contributed by atoms with Gasteiger partial charge in [0.2, 0.25) is 5.91 Å². The molecule has 2 fully saturated rings. The molecule has 0 aliphatic carbocycles. The van der Waals surface area contributed by atoms with Crippen LogP contribution >= 0.6 is 0 Å². The summed E-state index contributed by atoms with van der Waals surface area (Å²) >= 11 is 0. The maximum atomic E-state index is 12.7. The van der Waals surface area contributed by atoms with Crippen molar-refractivity contribution in [2.45, 2.75) is 45.2 Å². The lowest BCUT2D eigenvalue weighted by Gasteiger charge is -2.43. The Morgan fingerprint density at radius 3 is 2.29 bits per heavy atom. The van der Waals surface area contributed by atoms with E-state index in [1.165, 1.54) is 10.1 Å². The van der Waals surface area contributed by atoms with Crippen LogP contribution in [0.5, 0.6) is 0 Å². The molecule has 3 amide bonds. The van der Waals surface area contributed by atoms with Crippen LogP contribution in [0.2, 0.25) is 0 Å². The van der Waals surface area contributed by atoms with Gasteiger partial charge in [0.05, 0.1) is 11.2 Å². The minimum absolute atomic E-state index is 0.141. The Labute approximate surface area is 223 Å². The van der Waals surface area contributed by atoms with Crippen LogP contribution in [0.15, 0.2) is 41.3 Å². The number of urea groups is 1. The van der Waals surface area contributed by atoms with Gasteiger partial charge in [0.15, 0.2) is 0 Å². The number of carbonyl (C=O) groups is 2. The first-order chi connectivity index (χ1) is 18.0. The topological polar surface area (TPSA) is 143 Å². The van der Waals surface area contributed by atoms with Crippen molar-refractivity contribution < 1.29 is 9.59 Å². The summed E-state index contributed by atoms with van der Waals surface area (Å²) in [5, 5.41) is 2.69. The number of aromatic nitrogens is 2.